The monoisotopic (exact) mass is 382 g/mol. The first kappa shape index (κ1) is 19.2. The number of carbonyl (C=O) groups is 1. The molecule has 2 aromatic rings. The SMILES string of the molecule is CC(C(=O)Nc1cccc(Cl)c1)N1CCCN(c2ccc(C#N)cc2)CC1. The Labute approximate surface area is 165 Å². The van der Waals surface area contributed by atoms with Gasteiger partial charge in [-0.2, -0.15) is 5.26 Å². The molecule has 0 saturated carbocycles. The van der Waals surface area contributed by atoms with Gasteiger partial charge in [-0.3, -0.25) is 9.69 Å². The molecule has 140 valence electrons. The summed E-state index contributed by atoms with van der Waals surface area (Å²) in [7, 11) is 0. The largest absolute Gasteiger partial charge is 0.370 e. The molecule has 27 heavy (non-hydrogen) atoms. The van der Waals surface area contributed by atoms with Gasteiger partial charge in [-0.15, -0.1) is 0 Å². The minimum atomic E-state index is -0.218. The van der Waals surface area contributed by atoms with E-state index in [1.807, 2.05) is 43.3 Å². The summed E-state index contributed by atoms with van der Waals surface area (Å²) in [5.41, 5.74) is 2.50. The maximum absolute atomic E-state index is 12.6. The summed E-state index contributed by atoms with van der Waals surface area (Å²) in [4.78, 5) is 17.1. The Bertz CT molecular complexity index is 831. The Balaban J connectivity index is 1.59. The number of rotatable bonds is 4. The predicted molar refractivity (Wildman–Crippen MR) is 109 cm³/mol. The number of nitrogens with one attached hydrogen (secondary N) is 1. The van der Waals surface area contributed by atoms with Gasteiger partial charge in [-0.1, -0.05) is 17.7 Å². The number of hydrogen-bond acceptors (Lipinski definition) is 4. The first-order valence-electron chi connectivity index (χ1n) is 9.12. The number of anilines is 2. The second-order valence-electron chi connectivity index (χ2n) is 6.71. The van der Waals surface area contributed by atoms with E-state index in [1.54, 1.807) is 12.1 Å². The molecule has 1 aliphatic heterocycles. The molecule has 1 fully saturated rings. The molecular formula is C21H23ClN4O. The second-order valence-corrected chi connectivity index (χ2v) is 7.15. The van der Waals surface area contributed by atoms with Crippen LogP contribution in [0.5, 0.6) is 0 Å². The molecule has 0 bridgehead atoms. The molecule has 1 unspecified atom stereocenters. The Kier molecular flexibility index (Phi) is 6.33. The number of halogens is 1. The number of carbonyl (C=O) groups excluding carboxylic acids is 1. The topological polar surface area (TPSA) is 59.4 Å². The first-order chi connectivity index (χ1) is 13.1. The van der Waals surface area contributed by atoms with Crippen LogP contribution in [0.4, 0.5) is 11.4 Å². The highest BCUT2D eigenvalue weighted by Crippen LogP contribution is 2.19. The molecule has 1 aliphatic rings. The molecule has 6 heteroatoms. The van der Waals surface area contributed by atoms with Crippen LogP contribution in [-0.4, -0.2) is 43.0 Å². The van der Waals surface area contributed by atoms with Gasteiger partial charge in [0.2, 0.25) is 5.91 Å². The zero-order chi connectivity index (χ0) is 19.2. The van der Waals surface area contributed by atoms with Gasteiger partial charge in [0.1, 0.15) is 0 Å². The van der Waals surface area contributed by atoms with Crippen LogP contribution in [0.2, 0.25) is 5.02 Å². The number of nitrogens with zero attached hydrogens (tertiary/aromatic N) is 3. The smallest absolute Gasteiger partial charge is 0.241 e. The fourth-order valence-corrected chi connectivity index (χ4v) is 3.50. The van der Waals surface area contributed by atoms with Gasteiger partial charge in [0, 0.05) is 42.6 Å². The molecule has 3 rings (SSSR count). The van der Waals surface area contributed by atoms with E-state index in [0.717, 1.165) is 38.3 Å². The molecule has 1 amide bonds. The molecule has 5 nitrogen and oxygen atoms in total. The van der Waals surface area contributed by atoms with Crippen molar-refractivity contribution in [2.45, 2.75) is 19.4 Å². The van der Waals surface area contributed by atoms with Crippen molar-refractivity contribution in [2.24, 2.45) is 0 Å². The third-order valence-corrected chi connectivity index (χ3v) is 5.15. The summed E-state index contributed by atoms with van der Waals surface area (Å²) in [6.45, 7) is 5.41. The van der Waals surface area contributed by atoms with Crippen molar-refractivity contribution in [3.63, 3.8) is 0 Å². The molecule has 1 heterocycles. The number of nitriles is 1. The molecular weight excluding hydrogens is 360 g/mol. The Hall–Kier alpha value is -2.55. The van der Waals surface area contributed by atoms with E-state index in [2.05, 4.69) is 21.2 Å². The van der Waals surface area contributed by atoms with Crippen LogP contribution < -0.4 is 10.2 Å². The maximum Gasteiger partial charge on any atom is 0.241 e. The molecule has 1 saturated heterocycles. The van der Waals surface area contributed by atoms with Crippen molar-refractivity contribution >= 4 is 28.9 Å². The minimum absolute atomic E-state index is 0.0240. The maximum atomic E-state index is 12.6. The molecule has 0 aromatic heterocycles. The zero-order valence-corrected chi connectivity index (χ0v) is 16.1. The van der Waals surface area contributed by atoms with Gasteiger partial charge in [0.15, 0.2) is 0 Å². The average molecular weight is 383 g/mol. The van der Waals surface area contributed by atoms with Gasteiger partial charge in [-0.05, 0) is 55.8 Å². The highest BCUT2D eigenvalue weighted by Gasteiger charge is 2.24. The van der Waals surface area contributed by atoms with Gasteiger partial charge in [0.25, 0.3) is 0 Å². The van der Waals surface area contributed by atoms with Crippen molar-refractivity contribution in [2.75, 3.05) is 36.4 Å². The lowest BCUT2D eigenvalue weighted by atomic mass is 10.2. The van der Waals surface area contributed by atoms with E-state index in [1.165, 1.54) is 0 Å². The van der Waals surface area contributed by atoms with Gasteiger partial charge >= 0.3 is 0 Å². The van der Waals surface area contributed by atoms with E-state index < -0.39 is 0 Å². The summed E-state index contributed by atoms with van der Waals surface area (Å²) >= 11 is 5.99. The van der Waals surface area contributed by atoms with Crippen LogP contribution in [0, 0.1) is 11.3 Å². The Morgan fingerprint density at radius 1 is 1.15 bits per heavy atom. The highest BCUT2D eigenvalue weighted by atomic mass is 35.5. The van der Waals surface area contributed by atoms with Crippen LogP contribution in [-0.2, 0) is 4.79 Å². The van der Waals surface area contributed by atoms with E-state index in [-0.39, 0.29) is 11.9 Å². The Morgan fingerprint density at radius 2 is 1.93 bits per heavy atom. The van der Waals surface area contributed by atoms with Crippen LogP contribution >= 0.6 is 11.6 Å². The second kappa shape index (κ2) is 8.90. The Morgan fingerprint density at radius 3 is 2.63 bits per heavy atom. The fourth-order valence-electron chi connectivity index (χ4n) is 3.31. The number of benzene rings is 2. The molecule has 0 radical (unpaired) electrons. The molecule has 0 spiro atoms. The van der Waals surface area contributed by atoms with Crippen molar-refractivity contribution in [3.05, 3.63) is 59.1 Å². The summed E-state index contributed by atoms with van der Waals surface area (Å²) in [6.07, 6.45) is 0.981. The summed E-state index contributed by atoms with van der Waals surface area (Å²) < 4.78 is 0. The zero-order valence-electron chi connectivity index (χ0n) is 15.4. The first-order valence-corrected chi connectivity index (χ1v) is 9.50. The lowest BCUT2D eigenvalue weighted by molar-refractivity contribution is -0.120. The third kappa shape index (κ3) is 5.00. The van der Waals surface area contributed by atoms with E-state index in [4.69, 9.17) is 16.9 Å². The third-order valence-electron chi connectivity index (χ3n) is 4.91. The number of amides is 1. The van der Waals surface area contributed by atoms with E-state index >= 15 is 0 Å². The minimum Gasteiger partial charge on any atom is -0.370 e. The van der Waals surface area contributed by atoms with Crippen molar-refractivity contribution < 1.29 is 4.79 Å². The summed E-state index contributed by atoms with van der Waals surface area (Å²) in [5.74, 6) is -0.0240. The van der Waals surface area contributed by atoms with Crippen molar-refractivity contribution in [3.8, 4) is 6.07 Å². The highest BCUT2D eigenvalue weighted by molar-refractivity contribution is 6.30. The summed E-state index contributed by atoms with van der Waals surface area (Å²) in [5, 5.41) is 12.5. The standard InChI is InChI=1S/C21H23ClN4O/c1-16(21(27)24-19-5-2-4-18(22)14-19)25-10-3-11-26(13-12-25)20-8-6-17(15-23)7-9-20/h2,4-9,14,16H,3,10-13H2,1H3,(H,24,27). The van der Waals surface area contributed by atoms with Gasteiger partial charge < -0.3 is 10.2 Å². The molecule has 1 atom stereocenters. The van der Waals surface area contributed by atoms with Crippen LogP contribution in [0.25, 0.3) is 0 Å². The molecule has 2 aromatic carbocycles. The normalized spacial score (nSPS) is 16.3. The lowest BCUT2D eigenvalue weighted by Gasteiger charge is -2.27. The van der Waals surface area contributed by atoms with Gasteiger partial charge in [-0.25, -0.2) is 0 Å². The lowest BCUT2D eigenvalue weighted by Crippen LogP contribution is -2.43. The van der Waals surface area contributed by atoms with Crippen LogP contribution in [0.1, 0.15) is 18.9 Å². The van der Waals surface area contributed by atoms with Crippen molar-refractivity contribution in [1.29, 1.82) is 5.26 Å². The van der Waals surface area contributed by atoms with Crippen LogP contribution in [0.3, 0.4) is 0 Å². The molecule has 0 aliphatic carbocycles. The summed E-state index contributed by atoms with van der Waals surface area (Å²) in [6, 6.07) is 16.8. The van der Waals surface area contributed by atoms with E-state index in [0.29, 0.717) is 16.3 Å². The van der Waals surface area contributed by atoms with Crippen LogP contribution in [0.15, 0.2) is 48.5 Å². The van der Waals surface area contributed by atoms with Gasteiger partial charge in [0.05, 0.1) is 17.7 Å². The van der Waals surface area contributed by atoms with Crippen molar-refractivity contribution in [1.82, 2.24) is 4.90 Å². The fraction of sp³-hybridized carbons (Fsp3) is 0.333. The average Bonchev–Trinajstić information content (AvgIpc) is 2.93. The predicted octanol–water partition coefficient (Wildman–Crippen LogP) is 3.75. The number of hydrogen-bond donors (Lipinski definition) is 1. The quantitative estimate of drug-likeness (QED) is 0.874. The van der Waals surface area contributed by atoms with E-state index in [9.17, 15) is 4.79 Å². The molecule has 1 N–H and O–H groups in total.